The summed E-state index contributed by atoms with van der Waals surface area (Å²) in [6, 6.07) is 5.59. The molecule has 1 unspecified atom stereocenters. The molecule has 2 N–H and O–H groups in total. The molecule has 5 heteroatoms. The van der Waals surface area contributed by atoms with Gasteiger partial charge in [0.05, 0.1) is 11.8 Å². The molecule has 0 saturated carbocycles. The Morgan fingerprint density at radius 2 is 2.41 bits per heavy atom. The Hall–Kier alpha value is -1.80. The first kappa shape index (κ1) is 11.7. The number of nitrogen functional groups attached to an aromatic ring is 1. The van der Waals surface area contributed by atoms with Gasteiger partial charge in [-0.1, -0.05) is 0 Å². The van der Waals surface area contributed by atoms with Crippen LogP contribution >= 0.6 is 0 Å². The van der Waals surface area contributed by atoms with Crippen LogP contribution in [0.25, 0.3) is 0 Å². The van der Waals surface area contributed by atoms with Crippen molar-refractivity contribution < 1.29 is 4.74 Å². The van der Waals surface area contributed by atoms with Crippen LogP contribution in [0.4, 0.5) is 11.5 Å². The van der Waals surface area contributed by atoms with Crippen molar-refractivity contribution in [2.45, 2.75) is 18.9 Å². The van der Waals surface area contributed by atoms with E-state index in [1.165, 1.54) is 0 Å². The van der Waals surface area contributed by atoms with E-state index in [0.29, 0.717) is 11.4 Å². The Balaban J connectivity index is 2.19. The molecular formula is C12H16N4O. The van der Waals surface area contributed by atoms with Crippen LogP contribution in [0.15, 0.2) is 12.1 Å². The third-order valence-corrected chi connectivity index (χ3v) is 3.05. The molecule has 0 amide bonds. The number of piperidine rings is 1. The summed E-state index contributed by atoms with van der Waals surface area (Å²) in [4.78, 5) is 6.40. The van der Waals surface area contributed by atoms with Crippen LogP contribution in [0.5, 0.6) is 0 Å². The Kier molecular flexibility index (Phi) is 3.45. The van der Waals surface area contributed by atoms with Crippen molar-refractivity contribution in [3.05, 3.63) is 17.8 Å². The van der Waals surface area contributed by atoms with Gasteiger partial charge in [-0.3, -0.25) is 0 Å². The van der Waals surface area contributed by atoms with Gasteiger partial charge in [0.1, 0.15) is 11.9 Å². The summed E-state index contributed by atoms with van der Waals surface area (Å²) in [7, 11) is 1.73. The normalized spacial score (nSPS) is 20.0. The van der Waals surface area contributed by atoms with Crippen LogP contribution in [0.3, 0.4) is 0 Å². The van der Waals surface area contributed by atoms with Crippen LogP contribution < -0.4 is 10.6 Å². The Labute approximate surface area is 101 Å². The van der Waals surface area contributed by atoms with Gasteiger partial charge in [0.2, 0.25) is 0 Å². The number of nitriles is 1. The standard InChI is InChI=1S/C12H16N4O/c1-17-9-3-2-6-16(8-9)12-5-4-10(14)11(7-13)15-12/h4-5,9H,2-3,6,8,14H2,1H3. The quantitative estimate of drug-likeness (QED) is 0.827. The van der Waals surface area contributed by atoms with Gasteiger partial charge in [0.15, 0.2) is 5.69 Å². The number of ether oxygens (including phenoxy) is 1. The van der Waals surface area contributed by atoms with E-state index < -0.39 is 0 Å². The summed E-state index contributed by atoms with van der Waals surface area (Å²) in [6.45, 7) is 1.76. The van der Waals surface area contributed by atoms with Crippen molar-refractivity contribution in [1.82, 2.24) is 4.98 Å². The van der Waals surface area contributed by atoms with Crippen LogP contribution in [-0.2, 0) is 4.74 Å². The second-order valence-electron chi connectivity index (χ2n) is 4.17. The van der Waals surface area contributed by atoms with Gasteiger partial charge in [0, 0.05) is 20.2 Å². The maximum Gasteiger partial charge on any atom is 0.165 e. The van der Waals surface area contributed by atoms with Crippen molar-refractivity contribution in [1.29, 1.82) is 5.26 Å². The second-order valence-corrected chi connectivity index (χ2v) is 4.17. The maximum absolute atomic E-state index is 8.90. The summed E-state index contributed by atoms with van der Waals surface area (Å²) in [5, 5.41) is 8.90. The zero-order valence-electron chi connectivity index (χ0n) is 9.89. The third kappa shape index (κ3) is 2.48. The molecule has 0 aromatic carbocycles. The molecule has 90 valence electrons. The smallest absolute Gasteiger partial charge is 0.165 e. The zero-order chi connectivity index (χ0) is 12.3. The van der Waals surface area contributed by atoms with Crippen molar-refractivity contribution in [2.75, 3.05) is 30.8 Å². The highest BCUT2D eigenvalue weighted by Crippen LogP contribution is 2.21. The number of hydrogen-bond donors (Lipinski definition) is 1. The molecule has 0 bridgehead atoms. The molecule has 1 aromatic rings. The fourth-order valence-corrected chi connectivity index (χ4v) is 2.06. The molecular weight excluding hydrogens is 216 g/mol. The molecule has 2 heterocycles. The molecule has 0 aliphatic carbocycles. The minimum atomic E-state index is 0.244. The van der Waals surface area contributed by atoms with E-state index in [9.17, 15) is 0 Å². The van der Waals surface area contributed by atoms with Crippen LogP contribution in [-0.4, -0.2) is 31.3 Å². The molecule has 0 radical (unpaired) electrons. The maximum atomic E-state index is 8.90. The lowest BCUT2D eigenvalue weighted by Gasteiger charge is -2.32. The molecule has 17 heavy (non-hydrogen) atoms. The lowest BCUT2D eigenvalue weighted by molar-refractivity contribution is 0.0891. The summed E-state index contributed by atoms with van der Waals surface area (Å²) in [5.41, 5.74) is 6.38. The Morgan fingerprint density at radius 3 is 3.12 bits per heavy atom. The van der Waals surface area contributed by atoms with Gasteiger partial charge in [0.25, 0.3) is 0 Å². The average molecular weight is 232 g/mol. The predicted octanol–water partition coefficient (Wildman–Crippen LogP) is 1.15. The predicted molar refractivity (Wildman–Crippen MR) is 65.6 cm³/mol. The topological polar surface area (TPSA) is 75.2 Å². The van der Waals surface area contributed by atoms with E-state index in [1.807, 2.05) is 12.1 Å². The van der Waals surface area contributed by atoms with E-state index in [4.69, 9.17) is 15.7 Å². The van der Waals surface area contributed by atoms with Crippen LogP contribution in [0, 0.1) is 11.3 Å². The first-order valence-electron chi connectivity index (χ1n) is 5.69. The number of nitrogens with two attached hydrogens (primary N) is 1. The van der Waals surface area contributed by atoms with E-state index in [1.54, 1.807) is 13.2 Å². The summed E-state index contributed by atoms with van der Waals surface area (Å²) in [5.74, 6) is 0.803. The van der Waals surface area contributed by atoms with E-state index in [2.05, 4.69) is 9.88 Å². The number of pyridine rings is 1. The number of hydrogen-bond acceptors (Lipinski definition) is 5. The molecule has 2 rings (SSSR count). The number of anilines is 2. The molecule has 5 nitrogen and oxygen atoms in total. The van der Waals surface area contributed by atoms with Crippen LogP contribution in [0.2, 0.25) is 0 Å². The first-order valence-corrected chi connectivity index (χ1v) is 5.69. The number of nitrogens with zero attached hydrogens (tertiary/aromatic N) is 3. The largest absolute Gasteiger partial charge is 0.396 e. The van der Waals surface area contributed by atoms with E-state index in [-0.39, 0.29) is 6.10 Å². The molecule has 1 aliphatic rings. The fourth-order valence-electron chi connectivity index (χ4n) is 2.06. The second kappa shape index (κ2) is 5.02. The van der Waals surface area contributed by atoms with Gasteiger partial charge in [-0.2, -0.15) is 5.26 Å². The molecule has 1 aromatic heterocycles. The van der Waals surface area contributed by atoms with Gasteiger partial charge < -0.3 is 15.4 Å². The minimum absolute atomic E-state index is 0.244. The van der Waals surface area contributed by atoms with Crippen molar-refractivity contribution in [3.63, 3.8) is 0 Å². The summed E-state index contributed by atoms with van der Waals surface area (Å²) >= 11 is 0. The lowest BCUT2D eigenvalue weighted by atomic mass is 10.1. The average Bonchev–Trinajstić information content (AvgIpc) is 2.39. The lowest BCUT2D eigenvalue weighted by Crippen LogP contribution is -2.39. The minimum Gasteiger partial charge on any atom is -0.396 e. The summed E-state index contributed by atoms with van der Waals surface area (Å²) < 4.78 is 5.36. The SMILES string of the molecule is COC1CCCN(c2ccc(N)c(C#N)n2)C1. The number of aromatic nitrogens is 1. The van der Waals surface area contributed by atoms with E-state index >= 15 is 0 Å². The molecule has 1 fully saturated rings. The summed E-state index contributed by atoms with van der Waals surface area (Å²) in [6.07, 6.45) is 2.40. The zero-order valence-corrected chi connectivity index (χ0v) is 9.89. The number of methoxy groups -OCH3 is 1. The van der Waals surface area contributed by atoms with E-state index in [0.717, 1.165) is 31.7 Å². The van der Waals surface area contributed by atoms with Crippen molar-refractivity contribution in [3.8, 4) is 6.07 Å². The van der Waals surface area contributed by atoms with Crippen molar-refractivity contribution >= 4 is 11.5 Å². The van der Waals surface area contributed by atoms with Gasteiger partial charge >= 0.3 is 0 Å². The van der Waals surface area contributed by atoms with Gasteiger partial charge in [-0.05, 0) is 25.0 Å². The first-order chi connectivity index (χ1) is 8.24. The monoisotopic (exact) mass is 232 g/mol. The van der Waals surface area contributed by atoms with Gasteiger partial charge in [-0.25, -0.2) is 4.98 Å². The Morgan fingerprint density at radius 1 is 1.59 bits per heavy atom. The fraction of sp³-hybridized carbons (Fsp3) is 0.500. The number of rotatable bonds is 2. The van der Waals surface area contributed by atoms with Gasteiger partial charge in [-0.15, -0.1) is 0 Å². The molecule has 1 saturated heterocycles. The highest BCUT2D eigenvalue weighted by molar-refractivity contribution is 5.55. The molecule has 1 aliphatic heterocycles. The third-order valence-electron chi connectivity index (χ3n) is 3.05. The van der Waals surface area contributed by atoms with Crippen molar-refractivity contribution in [2.24, 2.45) is 0 Å². The van der Waals surface area contributed by atoms with Crippen LogP contribution in [0.1, 0.15) is 18.5 Å². The highest BCUT2D eigenvalue weighted by Gasteiger charge is 2.20. The molecule has 1 atom stereocenters. The molecule has 0 spiro atoms. The highest BCUT2D eigenvalue weighted by atomic mass is 16.5. The Bertz CT molecular complexity index is 441.